The number of benzene rings is 4. The lowest BCUT2D eigenvalue weighted by atomic mass is 9.86. The Bertz CT molecular complexity index is 2020. The van der Waals surface area contributed by atoms with Crippen LogP contribution in [0.3, 0.4) is 0 Å². The van der Waals surface area contributed by atoms with Gasteiger partial charge in [-0.2, -0.15) is 4.58 Å². The minimum Gasteiger partial charge on any atom is -0.263 e. The van der Waals surface area contributed by atoms with Crippen molar-refractivity contribution in [2.45, 2.75) is 33.1 Å². The second-order valence-electron chi connectivity index (χ2n) is 11.4. The molecule has 0 bridgehead atoms. The molecule has 43 heavy (non-hydrogen) atoms. The van der Waals surface area contributed by atoms with Gasteiger partial charge in [-0.3, -0.25) is 4.99 Å². The Morgan fingerprint density at radius 2 is 1.70 bits per heavy atom. The van der Waals surface area contributed by atoms with Crippen LogP contribution in [0.15, 0.2) is 138 Å². The van der Waals surface area contributed by atoms with Crippen LogP contribution in [-0.2, 0) is 0 Å². The molecule has 208 valence electrons. The van der Waals surface area contributed by atoms with Crippen molar-refractivity contribution in [1.82, 2.24) is 0 Å². The molecule has 0 saturated carbocycles. The van der Waals surface area contributed by atoms with Crippen LogP contribution in [0.1, 0.15) is 55.4 Å². The molecule has 2 nitrogen and oxygen atoms in total. The normalized spacial score (nSPS) is 18.6. The van der Waals surface area contributed by atoms with Crippen LogP contribution < -0.4 is 0 Å². The van der Waals surface area contributed by atoms with E-state index in [0.717, 1.165) is 6.42 Å². The van der Waals surface area contributed by atoms with Gasteiger partial charge in [-0.05, 0) is 83.8 Å². The van der Waals surface area contributed by atoms with Crippen LogP contribution in [0, 0.1) is 0 Å². The van der Waals surface area contributed by atoms with Gasteiger partial charge in [-0.1, -0.05) is 91.1 Å². The van der Waals surface area contributed by atoms with Crippen molar-refractivity contribution in [2.24, 2.45) is 4.99 Å². The van der Waals surface area contributed by atoms with E-state index in [1.165, 1.54) is 72.3 Å². The molecule has 0 N–H and O–H groups in total. The Morgan fingerprint density at radius 1 is 0.860 bits per heavy atom. The van der Waals surface area contributed by atoms with Crippen molar-refractivity contribution in [3.8, 4) is 11.1 Å². The van der Waals surface area contributed by atoms with Gasteiger partial charge < -0.3 is 0 Å². The Kier molecular flexibility index (Phi) is 7.04. The molecule has 3 aliphatic rings. The lowest BCUT2D eigenvalue weighted by Crippen LogP contribution is -2.10. The topological polar surface area (TPSA) is 15.4 Å². The van der Waals surface area contributed by atoms with Crippen molar-refractivity contribution >= 4 is 45.6 Å². The van der Waals surface area contributed by atoms with E-state index < -0.39 is 0 Å². The summed E-state index contributed by atoms with van der Waals surface area (Å²) < 4.78 is 2.43. The Hall–Kier alpha value is -5.08. The SMILES string of the molecule is C/C=C\C=C/C=[N+]1C2=C(C=CC(c3cccc(C4=CN=C4)c3)C2)c2ccc3cc(-c4cccc(/C(C)=C/C)c4)ccc3c21. The third-order valence-electron chi connectivity index (χ3n) is 8.84. The van der Waals surface area contributed by atoms with Crippen LogP contribution in [0.2, 0.25) is 0 Å². The molecule has 1 unspecified atom stereocenters. The fourth-order valence-corrected chi connectivity index (χ4v) is 6.34. The largest absolute Gasteiger partial charge is 0.263 e. The van der Waals surface area contributed by atoms with Gasteiger partial charge >= 0.3 is 0 Å². The van der Waals surface area contributed by atoms with Gasteiger partial charge in [-0.25, -0.2) is 0 Å². The summed E-state index contributed by atoms with van der Waals surface area (Å²) in [6, 6.07) is 29.3. The zero-order valence-electron chi connectivity index (χ0n) is 25.0. The molecule has 4 aromatic rings. The fraction of sp³-hybridized carbons (Fsp3) is 0.122. The Labute approximate surface area is 254 Å². The molecule has 4 aromatic carbocycles. The quantitative estimate of drug-likeness (QED) is 0.166. The molecule has 2 aliphatic heterocycles. The van der Waals surface area contributed by atoms with Gasteiger partial charge in [-0.15, -0.1) is 0 Å². The highest BCUT2D eigenvalue weighted by molar-refractivity contribution is 6.14. The van der Waals surface area contributed by atoms with E-state index in [0.29, 0.717) is 5.92 Å². The second kappa shape index (κ2) is 11.3. The van der Waals surface area contributed by atoms with Gasteiger partial charge in [0, 0.05) is 36.4 Å². The third kappa shape index (κ3) is 4.89. The van der Waals surface area contributed by atoms with Crippen LogP contribution in [0.4, 0.5) is 5.69 Å². The lowest BCUT2D eigenvalue weighted by Gasteiger charge is -2.18. The highest BCUT2D eigenvalue weighted by Crippen LogP contribution is 2.49. The zero-order chi connectivity index (χ0) is 29.3. The van der Waals surface area contributed by atoms with Gasteiger partial charge in [0.25, 0.3) is 0 Å². The van der Waals surface area contributed by atoms with Crippen molar-refractivity contribution in [2.75, 3.05) is 0 Å². The summed E-state index contributed by atoms with van der Waals surface area (Å²) in [4.78, 5) is 4.16. The first kappa shape index (κ1) is 26.8. The second-order valence-corrected chi connectivity index (χ2v) is 11.4. The van der Waals surface area contributed by atoms with Crippen LogP contribution in [0.5, 0.6) is 0 Å². The van der Waals surface area contributed by atoms with E-state index in [1.54, 1.807) is 0 Å². The van der Waals surface area contributed by atoms with Crippen molar-refractivity contribution < 1.29 is 4.58 Å². The first-order valence-electron chi connectivity index (χ1n) is 15.1. The first-order valence-corrected chi connectivity index (χ1v) is 15.1. The molecular weight excluding hydrogens is 520 g/mol. The number of hydrogen-bond donors (Lipinski definition) is 0. The Morgan fingerprint density at radius 3 is 2.51 bits per heavy atom. The number of nitrogens with zero attached hydrogens (tertiary/aromatic N) is 2. The predicted octanol–water partition coefficient (Wildman–Crippen LogP) is 10.7. The van der Waals surface area contributed by atoms with Gasteiger partial charge in [0.1, 0.15) is 0 Å². The average Bonchev–Trinajstić information content (AvgIpc) is 3.35. The maximum Gasteiger partial charge on any atom is 0.226 e. The lowest BCUT2D eigenvalue weighted by molar-refractivity contribution is -0.373. The molecule has 0 amide bonds. The summed E-state index contributed by atoms with van der Waals surface area (Å²) in [7, 11) is 0. The molecule has 7 rings (SSSR count). The summed E-state index contributed by atoms with van der Waals surface area (Å²) >= 11 is 0. The minimum atomic E-state index is 0.312. The van der Waals surface area contributed by atoms with E-state index in [-0.39, 0.29) is 0 Å². The zero-order valence-corrected chi connectivity index (χ0v) is 25.0. The van der Waals surface area contributed by atoms with Gasteiger partial charge in [0.05, 0.1) is 16.5 Å². The molecule has 1 aliphatic carbocycles. The summed E-state index contributed by atoms with van der Waals surface area (Å²) in [5.41, 5.74) is 14.1. The summed E-state index contributed by atoms with van der Waals surface area (Å²) in [6.07, 6.45) is 22.4. The molecule has 2 heterocycles. The number of rotatable bonds is 6. The molecular formula is C41H35N2+. The van der Waals surface area contributed by atoms with Crippen LogP contribution in [-0.4, -0.2) is 17.0 Å². The van der Waals surface area contributed by atoms with Gasteiger partial charge in [0.2, 0.25) is 5.69 Å². The average molecular weight is 556 g/mol. The molecule has 2 heteroatoms. The summed E-state index contributed by atoms with van der Waals surface area (Å²) in [5.74, 6) is 0.312. The molecule has 0 saturated heterocycles. The monoisotopic (exact) mass is 555 g/mol. The number of allylic oxidation sites excluding steroid dienone is 11. The van der Waals surface area contributed by atoms with Gasteiger partial charge in [0.15, 0.2) is 11.9 Å². The minimum absolute atomic E-state index is 0.312. The number of fused-ring (bicyclic) bond motifs is 4. The number of aliphatic imine (C=N–C) groups is 1. The van der Waals surface area contributed by atoms with E-state index in [1.807, 2.05) is 19.3 Å². The predicted molar refractivity (Wildman–Crippen MR) is 185 cm³/mol. The molecule has 0 spiro atoms. The van der Waals surface area contributed by atoms with E-state index in [9.17, 15) is 0 Å². The molecule has 0 radical (unpaired) electrons. The maximum atomic E-state index is 4.16. The van der Waals surface area contributed by atoms with Crippen molar-refractivity contribution in [1.29, 1.82) is 0 Å². The van der Waals surface area contributed by atoms with E-state index in [2.05, 4.69) is 151 Å². The molecule has 0 fully saturated rings. The molecule has 1 atom stereocenters. The van der Waals surface area contributed by atoms with Crippen molar-refractivity contribution in [3.05, 3.63) is 156 Å². The smallest absolute Gasteiger partial charge is 0.226 e. The first-order chi connectivity index (χ1) is 21.1. The highest BCUT2D eigenvalue weighted by Gasteiger charge is 2.38. The third-order valence-corrected chi connectivity index (χ3v) is 8.84. The fourth-order valence-electron chi connectivity index (χ4n) is 6.34. The summed E-state index contributed by atoms with van der Waals surface area (Å²) in [5, 5.41) is 2.53. The highest BCUT2D eigenvalue weighted by atomic mass is 15.0. The van der Waals surface area contributed by atoms with Crippen LogP contribution in [0.25, 0.3) is 38.6 Å². The number of hydrogen-bond acceptors (Lipinski definition) is 1. The van der Waals surface area contributed by atoms with Crippen LogP contribution >= 0.6 is 0 Å². The van der Waals surface area contributed by atoms with E-state index >= 15 is 0 Å². The standard InChI is InChI=1S/C41H35N2/c1-4-6-7-8-21-43-40-25-34(31-13-10-14-32(23-31)36-26-42-27-36)16-19-38(40)39-20-17-35-24-33(15-18-37(35)41(39)43)30-12-9-11-29(22-30)28(3)5-2/h4-24,26-27,34H,25H2,1-3H3/q+1/b6-4-,8-7-,28-5+,43-21?. The Balaban J connectivity index is 1.29. The molecule has 0 aromatic heterocycles. The van der Waals surface area contributed by atoms with E-state index in [4.69, 9.17) is 0 Å². The maximum absolute atomic E-state index is 4.16. The summed E-state index contributed by atoms with van der Waals surface area (Å²) in [6.45, 7) is 6.32. The van der Waals surface area contributed by atoms with Crippen molar-refractivity contribution in [3.63, 3.8) is 0 Å².